The third-order valence-corrected chi connectivity index (χ3v) is 11.5. The van der Waals surface area contributed by atoms with Gasteiger partial charge in [-0.25, -0.2) is 0 Å². The standard InChI is InChI=1S/C27H31BrO6/c1-14(29)33-15-6-9-25(3)19-7-8-24(2)16(17(30)13-28)4-5-18(24)27(19)11-10-26(25,12-15)20-21(27)23(32)34-22(20)31/h7,10-11,15-16,18,20-21H,4-6,8-9,12-13H2,1-3H3. The summed E-state index contributed by atoms with van der Waals surface area (Å²) in [7, 11) is 0. The van der Waals surface area contributed by atoms with Crippen molar-refractivity contribution in [2.75, 3.05) is 5.33 Å². The van der Waals surface area contributed by atoms with Crippen molar-refractivity contribution in [3.63, 3.8) is 0 Å². The number of allylic oxidation sites excluding steroid dienone is 4. The minimum absolute atomic E-state index is 0.0647. The summed E-state index contributed by atoms with van der Waals surface area (Å²) in [6.45, 7) is 5.87. The van der Waals surface area contributed by atoms with E-state index in [0.717, 1.165) is 32.1 Å². The molecule has 0 aromatic rings. The van der Waals surface area contributed by atoms with Crippen LogP contribution in [-0.4, -0.2) is 35.1 Å². The van der Waals surface area contributed by atoms with Crippen molar-refractivity contribution in [1.82, 2.24) is 0 Å². The van der Waals surface area contributed by atoms with E-state index in [0.29, 0.717) is 11.8 Å². The van der Waals surface area contributed by atoms with Crippen LogP contribution in [0, 0.1) is 45.3 Å². The second kappa shape index (κ2) is 6.92. The van der Waals surface area contributed by atoms with Crippen molar-refractivity contribution in [1.29, 1.82) is 0 Å². The van der Waals surface area contributed by atoms with E-state index < -0.39 is 34.6 Å². The molecule has 0 radical (unpaired) electrons. The topological polar surface area (TPSA) is 86.7 Å². The fourth-order valence-electron chi connectivity index (χ4n) is 9.71. The lowest BCUT2D eigenvalue weighted by Gasteiger charge is -2.71. The fourth-order valence-corrected chi connectivity index (χ4v) is 10.1. The summed E-state index contributed by atoms with van der Waals surface area (Å²) in [5.41, 5.74) is -0.567. The van der Waals surface area contributed by atoms with Gasteiger partial charge in [-0.1, -0.05) is 53.6 Å². The Morgan fingerprint density at radius 3 is 2.56 bits per heavy atom. The highest BCUT2D eigenvalue weighted by Crippen LogP contribution is 2.80. The van der Waals surface area contributed by atoms with Crippen molar-refractivity contribution in [3.8, 4) is 0 Å². The number of hydrogen-bond donors (Lipinski definition) is 0. The van der Waals surface area contributed by atoms with E-state index in [1.54, 1.807) is 0 Å². The first-order valence-electron chi connectivity index (χ1n) is 12.5. The van der Waals surface area contributed by atoms with E-state index in [9.17, 15) is 19.2 Å². The smallest absolute Gasteiger partial charge is 0.318 e. The SMILES string of the molecule is CC(=O)OC1CCC2(C)C3=CCC4(C)C(C(=O)CBr)CCC4C34C=CC2(C1)C1C(=O)OC(=O)C14. The number of alkyl halides is 1. The maximum absolute atomic E-state index is 13.4. The highest BCUT2D eigenvalue weighted by molar-refractivity contribution is 9.09. The predicted octanol–water partition coefficient (Wildman–Crippen LogP) is 4.31. The molecule has 2 spiro atoms. The zero-order chi connectivity index (χ0) is 24.3. The lowest BCUT2D eigenvalue weighted by atomic mass is 9.31. The molecule has 0 N–H and O–H groups in total. The van der Waals surface area contributed by atoms with Crippen molar-refractivity contribution in [2.24, 2.45) is 45.3 Å². The van der Waals surface area contributed by atoms with E-state index >= 15 is 0 Å². The van der Waals surface area contributed by atoms with Crippen molar-refractivity contribution >= 4 is 39.6 Å². The molecule has 0 aromatic carbocycles. The maximum atomic E-state index is 13.4. The van der Waals surface area contributed by atoms with Gasteiger partial charge in [-0.2, -0.15) is 0 Å². The van der Waals surface area contributed by atoms with E-state index in [2.05, 4.69) is 48.0 Å². The van der Waals surface area contributed by atoms with Crippen LogP contribution in [0.1, 0.15) is 59.3 Å². The first kappa shape index (κ1) is 22.7. The minimum Gasteiger partial charge on any atom is -0.463 e. The molecule has 3 saturated carbocycles. The van der Waals surface area contributed by atoms with E-state index in [-0.39, 0.29) is 40.5 Å². The Balaban J connectivity index is 1.56. The number of hydrogen-bond acceptors (Lipinski definition) is 6. The third kappa shape index (κ3) is 2.38. The van der Waals surface area contributed by atoms with Gasteiger partial charge in [0.05, 0.1) is 17.2 Å². The highest BCUT2D eigenvalue weighted by Gasteiger charge is 2.79. The maximum Gasteiger partial charge on any atom is 0.318 e. The summed E-state index contributed by atoms with van der Waals surface area (Å²) in [6.07, 6.45) is 10.9. The molecule has 7 heteroatoms. The van der Waals surface area contributed by atoms with Gasteiger partial charge in [0.15, 0.2) is 0 Å². The summed E-state index contributed by atoms with van der Waals surface area (Å²) < 4.78 is 11.0. The van der Waals surface area contributed by atoms with Gasteiger partial charge in [0.1, 0.15) is 11.9 Å². The van der Waals surface area contributed by atoms with Gasteiger partial charge < -0.3 is 9.47 Å². The number of rotatable bonds is 3. The normalized spacial score (nSPS) is 50.0. The number of halogens is 1. The monoisotopic (exact) mass is 530 g/mol. The number of carbonyl (C=O) groups is 4. The molecule has 34 heavy (non-hydrogen) atoms. The third-order valence-electron chi connectivity index (χ3n) is 10.9. The molecule has 4 fully saturated rings. The first-order valence-corrected chi connectivity index (χ1v) is 13.6. The number of Topliss-reactive ketones (excluding diaryl/α,β-unsaturated/α-hetero) is 1. The molecule has 182 valence electrons. The quantitative estimate of drug-likeness (QED) is 0.234. The predicted molar refractivity (Wildman–Crippen MR) is 125 cm³/mol. The van der Waals surface area contributed by atoms with Crippen LogP contribution in [0.25, 0.3) is 0 Å². The largest absolute Gasteiger partial charge is 0.463 e. The molecular formula is C27H31BrO6. The molecule has 0 amide bonds. The molecule has 7 aliphatic rings. The number of carbonyl (C=O) groups excluding carboxylic acids is 4. The molecular weight excluding hydrogens is 500 g/mol. The van der Waals surface area contributed by atoms with Gasteiger partial charge in [0.25, 0.3) is 0 Å². The van der Waals surface area contributed by atoms with Gasteiger partial charge in [-0.15, -0.1) is 0 Å². The Morgan fingerprint density at radius 1 is 1.12 bits per heavy atom. The number of esters is 3. The number of ketones is 1. The molecule has 6 nitrogen and oxygen atoms in total. The van der Waals surface area contributed by atoms with Crippen LogP contribution in [0.3, 0.4) is 0 Å². The Labute approximate surface area is 208 Å². The molecule has 2 bridgehead atoms. The van der Waals surface area contributed by atoms with Crippen LogP contribution < -0.4 is 0 Å². The van der Waals surface area contributed by atoms with Crippen LogP contribution >= 0.6 is 15.9 Å². The zero-order valence-electron chi connectivity index (χ0n) is 19.9. The molecule has 6 aliphatic carbocycles. The second-order valence-electron chi connectivity index (χ2n) is 11.9. The fraction of sp³-hybridized carbons (Fsp3) is 0.704. The first-order chi connectivity index (χ1) is 16.0. The van der Waals surface area contributed by atoms with Gasteiger partial charge in [-0.3, -0.25) is 19.2 Å². The van der Waals surface area contributed by atoms with Crippen LogP contribution in [-0.2, 0) is 28.7 Å². The molecule has 9 unspecified atom stereocenters. The average molecular weight is 531 g/mol. The summed E-state index contributed by atoms with van der Waals surface area (Å²) in [4.78, 5) is 51.4. The molecule has 1 heterocycles. The van der Waals surface area contributed by atoms with E-state index in [1.807, 2.05) is 0 Å². The number of cyclic esters (lactones) is 2. The van der Waals surface area contributed by atoms with Crippen LogP contribution in [0.2, 0.25) is 0 Å². The summed E-state index contributed by atoms with van der Waals surface area (Å²) >= 11 is 3.38. The second-order valence-corrected chi connectivity index (χ2v) is 12.5. The summed E-state index contributed by atoms with van der Waals surface area (Å²) in [6, 6.07) is 0. The van der Waals surface area contributed by atoms with Crippen LogP contribution in [0.5, 0.6) is 0 Å². The van der Waals surface area contributed by atoms with Gasteiger partial charge in [0.2, 0.25) is 0 Å². The molecule has 9 atom stereocenters. The van der Waals surface area contributed by atoms with E-state index in [1.165, 1.54) is 12.5 Å². The molecule has 7 rings (SSSR count). The highest BCUT2D eigenvalue weighted by atomic mass is 79.9. The van der Waals surface area contributed by atoms with Gasteiger partial charge in [-0.05, 0) is 55.3 Å². The Morgan fingerprint density at radius 2 is 1.85 bits per heavy atom. The Hall–Kier alpha value is -1.76. The Bertz CT molecular complexity index is 1090. The minimum atomic E-state index is -0.621. The van der Waals surface area contributed by atoms with E-state index in [4.69, 9.17) is 9.47 Å². The zero-order valence-corrected chi connectivity index (χ0v) is 21.5. The number of fused-ring (bicyclic) bond motifs is 1. The lowest BCUT2D eigenvalue weighted by molar-refractivity contribution is -0.175. The van der Waals surface area contributed by atoms with Crippen molar-refractivity contribution < 1.29 is 28.7 Å². The summed E-state index contributed by atoms with van der Waals surface area (Å²) in [5.74, 6) is -2.11. The van der Waals surface area contributed by atoms with Gasteiger partial charge in [0, 0.05) is 23.7 Å². The van der Waals surface area contributed by atoms with Crippen molar-refractivity contribution in [3.05, 3.63) is 23.8 Å². The molecule has 1 aliphatic heterocycles. The van der Waals surface area contributed by atoms with Crippen LogP contribution in [0.15, 0.2) is 23.8 Å². The lowest BCUT2D eigenvalue weighted by Crippen LogP contribution is -2.69. The van der Waals surface area contributed by atoms with Gasteiger partial charge >= 0.3 is 17.9 Å². The number of ether oxygens (including phenoxy) is 2. The average Bonchev–Trinajstić information content (AvgIpc) is 3.30. The van der Waals surface area contributed by atoms with Crippen molar-refractivity contribution in [2.45, 2.75) is 65.4 Å². The summed E-state index contributed by atoms with van der Waals surface area (Å²) in [5, 5.41) is 0.338. The molecule has 0 aromatic heterocycles. The van der Waals surface area contributed by atoms with Crippen LogP contribution in [0.4, 0.5) is 0 Å². The molecule has 1 saturated heterocycles. The Kier molecular flexibility index (Phi) is 4.62.